The van der Waals surface area contributed by atoms with Crippen molar-refractivity contribution in [2.45, 2.75) is 13.5 Å². The Morgan fingerprint density at radius 2 is 2.11 bits per heavy atom. The van der Waals surface area contributed by atoms with Crippen molar-refractivity contribution in [1.82, 2.24) is 15.3 Å². The molecule has 0 atom stereocenters. The molecule has 6 heteroatoms. The largest absolute Gasteiger partial charge is 0.437 e. The van der Waals surface area contributed by atoms with Crippen molar-refractivity contribution in [2.75, 3.05) is 6.54 Å². The van der Waals surface area contributed by atoms with Gasteiger partial charge in [-0.3, -0.25) is 4.98 Å². The monoisotopic (exact) mass is 325 g/mol. The molecule has 1 aromatic heterocycles. The molecule has 1 aromatic carbocycles. The molecular weight excluding hydrogens is 313 g/mol. The smallest absolute Gasteiger partial charge is 0.237 e. The van der Waals surface area contributed by atoms with Gasteiger partial charge in [0.1, 0.15) is 11.6 Å². The quantitative estimate of drug-likeness (QED) is 0.916. The molecule has 100 valence electrons. The predicted octanol–water partition coefficient (Wildman–Crippen LogP) is 3.28. The second-order valence-electron chi connectivity index (χ2n) is 3.83. The summed E-state index contributed by atoms with van der Waals surface area (Å²) in [4.78, 5) is 8.33. The summed E-state index contributed by atoms with van der Waals surface area (Å²) in [6.45, 7) is 3.55. The Kier molecular flexibility index (Phi) is 4.81. The van der Waals surface area contributed by atoms with E-state index in [1.165, 1.54) is 18.3 Å². The van der Waals surface area contributed by atoms with Gasteiger partial charge in [-0.25, -0.2) is 9.37 Å². The summed E-state index contributed by atoms with van der Waals surface area (Å²) in [5.41, 5.74) is 0.828. The molecule has 0 aliphatic carbocycles. The number of hydrogen-bond donors (Lipinski definition) is 1. The van der Waals surface area contributed by atoms with Crippen molar-refractivity contribution in [1.29, 1.82) is 0 Å². The Morgan fingerprint density at radius 1 is 1.26 bits per heavy atom. The van der Waals surface area contributed by atoms with Gasteiger partial charge >= 0.3 is 0 Å². The number of ether oxygens (including phenoxy) is 1. The number of aromatic nitrogens is 2. The van der Waals surface area contributed by atoms with Crippen molar-refractivity contribution in [2.24, 2.45) is 0 Å². The van der Waals surface area contributed by atoms with E-state index in [-0.39, 0.29) is 5.82 Å². The summed E-state index contributed by atoms with van der Waals surface area (Å²) in [6, 6.07) is 4.31. The van der Waals surface area contributed by atoms with Crippen LogP contribution in [0.1, 0.15) is 12.6 Å². The second kappa shape index (κ2) is 6.58. The number of hydrogen-bond acceptors (Lipinski definition) is 4. The van der Waals surface area contributed by atoms with Crippen LogP contribution in [-0.2, 0) is 6.54 Å². The molecular formula is C13H13BrFN3O. The topological polar surface area (TPSA) is 47.0 Å². The first-order valence-electron chi connectivity index (χ1n) is 5.83. The van der Waals surface area contributed by atoms with Gasteiger partial charge in [0.15, 0.2) is 0 Å². The molecule has 0 saturated heterocycles. The molecule has 0 bridgehead atoms. The fraction of sp³-hybridized carbons (Fsp3) is 0.231. The maximum absolute atomic E-state index is 13.2. The average molecular weight is 326 g/mol. The lowest BCUT2D eigenvalue weighted by atomic mass is 10.3. The van der Waals surface area contributed by atoms with Crippen LogP contribution in [0, 0.1) is 5.82 Å². The summed E-state index contributed by atoms with van der Waals surface area (Å²) in [6.07, 6.45) is 3.15. The van der Waals surface area contributed by atoms with Gasteiger partial charge in [-0.1, -0.05) is 22.9 Å². The zero-order valence-corrected chi connectivity index (χ0v) is 11.9. The van der Waals surface area contributed by atoms with Gasteiger partial charge in [-0.15, -0.1) is 0 Å². The number of halogens is 2. The zero-order valence-electron chi connectivity index (χ0n) is 10.4. The highest BCUT2D eigenvalue weighted by molar-refractivity contribution is 9.10. The summed E-state index contributed by atoms with van der Waals surface area (Å²) < 4.78 is 19.2. The third-order valence-corrected chi connectivity index (χ3v) is 2.75. The van der Waals surface area contributed by atoms with Crippen LogP contribution < -0.4 is 10.1 Å². The number of nitrogens with zero attached hydrogens (tertiary/aromatic N) is 2. The lowest BCUT2D eigenvalue weighted by molar-refractivity contribution is 0.454. The normalized spacial score (nSPS) is 10.5. The van der Waals surface area contributed by atoms with E-state index in [2.05, 4.69) is 31.2 Å². The number of benzene rings is 1. The molecule has 0 saturated carbocycles. The highest BCUT2D eigenvalue weighted by Gasteiger charge is 2.03. The van der Waals surface area contributed by atoms with E-state index in [0.29, 0.717) is 22.6 Å². The van der Waals surface area contributed by atoms with Gasteiger partial charge in [0.25, 0.3) is 0 Å². The Labute approximate surface area is 119 Å². The van der Waals surface area contributed by atoms with Gasteiger partial charge < -0.3 is 10.1 Å². The van der Waals surface area contributed by atoms with Gasteiger partial charge in [-0.2, -0.15) is 0 Å². The molecule has 0 aliphatic rings. The Morgan fingerprint density at radius 3 is 2.74 bits per heavy atom. The van der Waals surface area contributed by atoms with E-state index in [0.717, 1.165) is 12.2 Å². The molecule has 1 N–H and O–H groups in total. The Balaban J connectivity index is 2.06. The van der Waals surface area contributed by atoms with E-state index in [1.54, 1.807) is 12.3 Å². The molecule has 2 rings (SSSR count). The molecule has 2 aromatic rings. The van der Waals surface area contributed by atoms with Crippen molar-refractivity contribution in [3.05, 3.63) is 46.6 Å². The van der Waals surface area contributed by atoms with Crippen LogP contribution in [0.3, 0.4) is 0 Å². The minimum Gasteiger partial charge on any atom is -0.437 e. The minimum absolute atomic E-state index is 0.331. The van der Waals surface area contributed by atoms with Crippen LogP contribution in [0.15, 0.2) is 35.1 Å². The molecule has 0 aliphatic heterocycles. The maximum atomic E-state index is 13.2. The van der Waals surface area contributed by atoms with E-state index in [9.17, 15) is 4.39 Å². The van der Waals surface area contributed by atoms with Crippen LogP contribution in [-0.4, -0.2) is 16.5 Å². The fourth-order valence-electron chi connectivity index (χ4n) is 1.45. The predicted molar refractivity (Wildman–Crippen MR) is 73.6 cm³/mol. The molecule has 0 spiro atoms. The molecule has 0 unspecified atom stereocenters. The summed E-state index contributed by atoms with van der Waals surface area (Å²) in [5, 5.41) is 3.15. The van der Waals surface area contributed by atoms with Gasteiger partial charge in [0.05, 0.1) is 18.1 Å². The summed E-state index contributed by atoms with van der Waals surface area (Å²) in [7, 11) is 0. The van der Waals surface area contributed by atoms with Crippen molar-refractivity contribution >= 4 is 15.9 Å². The summed E-state index contributed by atoms with van der Waals surface area (Å²) in [5.74, 6) is 0.333. The lowest BCUT2D eigenvalue weighted by Gasteiger charge is -2.06. The first-order valence-corrected chi connectivity index (χ1v) is 6.62. The number of rotatable bonds is 5. The van der Waals surface area contributed by atoms with Crippen LogP contribution in [0.25, 0.3) is 0 Å². The van der Waals surface area contributed by atoms with Crippen LogP contribution in [0.2, 0.25) is 0 Å². The van der Waals surface area contributed by atoms with Crippen LogP contribution >= 0.6 is 15.9 Å². The fourth-order valence-corrected chi connectivity index (χ4v) is 1.89. The first-order chi connectivity index (χ1) is 9.17. The summed E-state index contributed by atoms with van der Waals surface area (Å²) >= 11 is 3.20. The molecule has 0 radical (unpaired) electrons. The van der Waals surface area contributed by atoms with E-state index >= 15 is 0 Å². The van der Waals surface area contributed by atoms with Crippen molar-refractivity contribution < 1.29 is 9.13 Å². The minimum atomic E-state index is -0.374. The zero-order chi connectivity index (χ0) is 13.7. The standard InChI is InChI=1S/C13H13BrFN3O/c1-2-16-6-11-7-18-13(8-17-11)19-12-4-9(14)3-10(15)5-12/h3-5,7-8,16H,2,6H2,1H3. The maximum Gasteiger partial charge on any atom is 0.237 e. The second-order valence-corrected chi connectivity index (χ2v) is 4.75. The first kappa shape index (κ1) is 13.9. The van der Waals surface area contributed by atoms with Gasteiger partial charge in [0.2, 0.25) is 5.88 Å². The van der Waals surface area contributed by atoms with Crippen LogP contribution in [0.4, 0.5) is 4.39 Å². The highest BCUT2D eigenvalue weighted by atomic mass is 79.9. The van der Waals surface area contributed by atoms with Crippen molar-refractivity contribution in [3.63, 3.8) is 0 Å². The van der Waals surface area contributed by atoms with Crippen LogP contribution in [0.5, 0.6) is 11.6 Å². The molecule has 0 fully saturated rings. The average Bonchev–Trinajstić information content (AvgIpc) is 2.37. The van der Waals surface area contributed by atoms with Gasteiger partial charge in [-0.05, 0) is 18.7 Å². The molecule has 4 nitrogen and oxygen atoms in total. The highest BCUT2D eigenvalue weighted by Crippen LogP contribution is 2.24. The lowest BCUT2D eigenvalue weighted by Crippen LogP contribution is -2.13. The Bertz CT molecular complexity index is 528. The molecule has 0 amide bonds. The Hall–Kier alpha value is -1.53. The number of nitrogens with one attached hydrogen (secondary N) is 1. The third kappa shape index (κ3) is 4.25. The SMILES string of the molecule is CCNCc1cnc(Oc2cc(F)cc(Br)c2)cn1. The van der Waals surface area contributed by atoms with E-state index in [4.69, 9.17) is 4.74 Å². The van der Waals surface area contributed by atoms with E-state index in [1.807, 2.05) is 6.92 Å². The molecule has 19 heavy (non-hydrogen) atoms. The van der Waals surface area contributed by atoms with E-state index < -0.39 is 0 Å². The third-order valence-electron chi connectivity index (χ3n) is 2.30. The van der Waals surface area contributed by atoms with Gasteiger partial charge in [0, 0.05) is 17.1 Å². The molecule has 1 heterocycles. The van der Waals surface area contributed by atoms with Crippen molar-refractivity contribution in [3.8, 4) is 11.6 Å².